The molecule has 2 amide bonds. The maximum Gasteiger partial charge on any atom is 0.217 e. The third-order valence-electron chi connectivity index (χ3n) is 15.3. The third kappa shape index (κ3) is 14.1. The van der Waals surface area contributed by atoms with E-state index in [-0.39, 0.29) is 0 Å². The molecule has 7 heterocycles. The molecular weight excluding hydrogens is 1120 g/mol. The zero-order valence-electron chi connectivity index (χ0n) is 44.4. The van der Waals surface area contributed by atoms with Gasteiger partial charge >= 0.3 is 0 Å². The zero-order chi connectivity index (χ0) is 60.5. The molecule has 82 heavy (non-hydrogen) atoms. The second kappa shape index (κ2) is 28.7. The third-order valence-corrected chi connectivity index (χ3v) is 15.3. The van der Waals surface area contributed by atoms with E-state index in [0.29, 0.717) is 0 Å². The number of carbonyl (C=O) groups excluding carboxylic acids is 2. The van der Waals surface area contributed by atoms with Gasteiger partial charge in [-0.05, 0) is 13.8 Å². The normalized spacial score (nSPS) is 51.3. The smallest absolute Gasteiger partial charge is 0.217 e. The molecule has 7 aliphatic rings. The molecule has 7 aliphatic heterocycles. The summed E-state index contributed by atoms with van der Waals surface area (Å²) in [5.41, 5.74) is 0. The quantitative estimate of drug-likeness (QED) is 0.0571. The average Bonchev–Trinajstić information content (AvgIpc) is 3.46. The number of aliphatic hydroxyl groups is 19. The van der Waals surface area contributed by atoms with Crippen molar-refractivity contribution in [2.24, 2.45) is 0 Å². The Hall–Kier alpha value is -2.34. The molecule has 35 atom stereocenters. The monoisotopic (exact) mass is 1200 g/mol. The summed E-state index contributed by atoms with van der Waals surface area (Å²) >= 11 is 0. The van der Waals surface area contributed by atoms with E-state index in [1.165, 1.54) is 13.8 Å². The van der Waals surface area contributed by atoms with E-state index in [2.05, 4.69) is 10.6 Å². The first-order chi connectivity index (χ1) is 38.7. The molecule has 36 nitrogen and oxygen atoms in total. The van der Waals surface area contributed by atoms with Gasteiger partial charge in [-0.3, -0.25) is 9.59 Å². The lowest BCUT2D eigenvalue weighted by Gasteiger charge is -2.53. The van der Waals surface area contributed by atoms with Crippen molar-refractivity contribution >= 4 is 11.8 Å². The Labute approximate surface area is 465 Å². The van der Waals surface area contributed by atoms with Crippen molar-refractivity contribution in [1.29, 1.82) is 0 Å². The predicted molar refractivity (Wildman–Crippen MR) is 252 cm³/mol. The lowest BCUT2D eigenvalue weighted by Crippen LogP contribution is -2.72. The molecule has 476 valence electrons. The Kier molecular flexibility index (Phi) is 23.5. The number of nitrogens with one attached hydrogen (secondary N) is 2. The Morgan fingerprint density at radius 2 is 0.671 bits per heavy atom. The summed E-state index contributed by atoms with van der Waals surface area (Å²) in [6.07, 6.45) is -64.8. The fourth-order valence-electron chi connectivity index (χ4n) is 10.7. The number of hydrogen-bond acceptors (Lipinski definition) is 34. The van der Waals surface area contributed by atoms with E-state index in [9.17, 15) is 107 Å². The van der Waals surface area contributed by atoms with Gasteiger partial charge in [0, 0.05) is 13.8 Å². The minimum absolute atomic E-state index is 0.831. The van der Waals surface area contributed by atoms with Crippen molar-refractivity contribution in [3.05, 3.63) is 0 Å². The highest BCUT2D eigenvalue weighted by molar-refractivity contribution is 5.73. The molecule has 0 radical (unpaired) electrons. The van der Waals surface area contributed by atoms with Crippen LogP contribution in [0.3, 0.4) is 0 Å². The highest BCUT2D eigenvalue weighted by atomic mass is 16.8. The van der Waals surface area contributed by atoms with Crippen LogP contribution in [0.2, 0.25) is 0 Å². The molecule has 7 fully saturated rings. The van der Waals surface area contributed by atoms with Crippen LogP contribution < -0.4 is 10.6 Å². The van der Waals surface area contributed by atoms with Crippen molar-refractivity contribution in [1.82, 2.24) is 10.6 Å². The minimum Gasteiger partial charge on any atom is -0.394 e. The Morgan fingerprint density at radius 1 is 0.317 bits per heavy atom. The minimum atomic E-state index is -2.30. The summed E-state index contributed by atoms with van der Waals surface area (Å²) in [7, 11) is 0. The van der Waals surface area contributed by atoms with E-state index in [1.807, 2.05) is 0 Å². The van der Waals surface area contributed by atoms with E-state index < -0.39 is 260 Å². The number of amides is 2. The van der Waals surface area contributed by atoms with E-state index in [0.717, 1.165) is 13.8 Å². The van der Waals surface area contributed by atoms with Crippen LogP contribution in [0.15, 0.2) is 0 Å². The molecule has 36 heteroatoms. The zero-order valence-corrected chi connectivity index (χ0v) is 44.4. The lowest BCUT2D eigenvalue weighted by molar-refractivity contribution is -0.408. The summed E-state index contributed by atoms with van der Waals surface area (Å²) in [6, 6.07) is -3.75. The van der Waals surface area contributed by atoms with Crippen LogP contribution in [0, 0.1) is 0 Å². The summed E-state index contributed by atoms with van der Waals surface area (Å²) in [5.74, 6) is -1.80. The van der Waals surface area contributed by atoms with Crippen molar-refractivity contribution in [2.45, 2.75) is 243 Å². The summed E-state index contributed by atoms with van der Waals surface area (Å²) in [5, 5.41) is 212. The molecular formula is C46H78N2O34. The van der Waals surface area contributed by atoms with Gasteiger partial charge in [-0.2, -0.15) is 0 Å². The van der Waals surface area contributed by atoms with Crippen molar-refractivity contribution in [3.63, 3.8) is 0 Å². The second-order valence-corrected chi connectivity index (χ2v) is 21.0. The van der Waals surface area contributed by atoms with Crippen LogP contribution in [0.5, 0.6) is 0 Å². The van der Waals surface area contributed by atoms with Crippen LogP contribution in [-0.4, -0.2) is 357 Å². The number of ether oxygens (including phenoxy) is 13. The topological polar surface area (TPSA) is 563 Å². The van der Waals surface area contributed by atoms with Gasteiger partial charge < -0.3 is 169 Å². The standard InChI is InChI=1S/C46H78N2O34/c1-10-21(56)28(63)30(65)43(70-10)77-34-18(9-53)76-42(79-37-25(60)16(7-51)74-45(33(37)68)80-36-24(59)15(6-50)72-40(69)32(36)67)20(48-13(4)55)35(34)78-46-39(82-44-31(66)29(64)22(57)11(2)71-44)38(26(61)17(8-52)75-46)81-41-19(47-12(3)54)27(62)23(58)14(5-49)73-41/h10-11,14-46,49-53,56-69H,5-9H2,1-4H3,(H,47,54)(H,48,55)/t10-,11+,14-,15-,16-,17-,18-,19-,20-,21+,22-,23+,24-,25+,26+,27-,28+,29-,30-,31+,32-,33-,34-,35-,36+,37+,38+,39-,40?,41-,42+,43-,44+,45+,46+/m1/s1. The van der Waals surface area contributed by atoms with Gasteiger partial charge in [-0.25, -0.2) is 0 Å². The summed E-state index contributed by atoms with van der Waals surface area (Å²) in [6.45, 7) is -0.756. The van der Waals surface area contributed by atoms with E-state index in [4.69, 9.17) is 61.6 Å². The summed E-state index contributed by atoms with van der Waals surface area (Å²) < 4.78 is 77.3. The van der Waals surface area contributed by atoms with E-state index in [1.54, 1.807) is 0 Å². The van der Waals surface area contributed by atoms with Crippen molar-refractivity contribution < 1.29 is 168 Å². The highest BCUT2D eigenvalue weighted by Gasteiger charge is 2.60. The molecule has 0 aliphatic carbocycles. The summed E-state index contributed by atoms with van der Waals surface area (Å²) in [4.78, 5) is 25.9. The lowest BCUT2D eigenvalue weighted by atomic mass is 9.93. The number of hydrogen-bond donors (Lipinski definition) is 21. The van der Waals surface area contributed by atoms with Gasteiger partial charge in [0.05, 0.1) is 45.2 Å². The molecule has 0 aromatic heterocycles. The second-order valence-electron chi connectivity index (χ2n) is 21.0. The fraction of sp³-hybridized carbons (Fsp3) is 0.957. The SMILES string of the molecule is CC(=O)N[C@H]1[C@@H](O[C@H]2[C@@H](O)[C@@H](CO)O[C@@H](O[C@@H]3[C@@H](NC(C)=O)[C@H](O[C@H]4[C@@H](O)[C@@H](CO)O[C@@H](O[C@H]5[C@H](O)[C@@H](CO)OC(O)[C@@H]5O)[C@@H]4O)O[C@H](CO)[C@H]3O[C@H]3O[C@H](C)[C@H](O)[C@H](O)[C@H]3O)[C@@H]2O[C@@H]2O[C@@H](C)[C@@H](O)[C@@H](O)[C@@H]2O)O[C@H](CO)[C@H](O)[C@@H]1O. The molecule has 7 saturated heterocycles. The first-order valence-electron chi connectivity index (χ1n) is 26.3. The molecule has 0 saturated carbocycles. The fourth-order valence-corrected chi connectivity index (χ4v) is 10.7. The van der Waals surface area contributed by atoms with E-state index >= 15 is 0 Å². The van der Waals surface area contributed by atoms with Gasteiger partial charge in [-0.1, -0.05) is 0 Å². The van der Waals surface area contributed by atoms with Crippen molar-refractivity contribution in [2.75, 3.05) is 33.0 Å². The maximum atomic E-state index is 13.4. The van der Waals surface area contributed by atoms with Gasteiger partial charge in [-0.15, -0.1) is 0 Å². The van der Waals surface area contributed by atoms with Crippen LogP contribution in [-0.2, 0) is 71.2 Å². The van der Waals surface area contributed by atoms with Crippen LogP contribution in [0.1, 0.15) is 27.7 Å². The molecule has 7 rings (SSSR count). The van der Waals surface area contributed by atoms with Gasteiger partial charge in [0.15, 0.2) is 44.0 Å². The molecule has 0 aromatic carbocycles. The number of aliphatic hydroxyl groups excluding tert-OH is 19. The Bertz CT molecular complexity index is 2030. The van der Waals surface area contributed by atoms with Crippen LogP contribution >= 0.6 is 0 Å². The number of carbonyl (C=O) groups is 2. The highest BCUT2D eigenvalue weighted by Crippen LogP contribution is 2.40. The maximum absolute atomic E-state index is 13.4. The van der Waals surface area contributed by atoms with Crippen molar-refractivity contribution in [3.8, 4) is 0 Å². The molecule has 0 bridgehead atoms. The average molecular weight is 1200 g/mol. The molecule has 1 unspecified atom stereocenters. The van der Waals surface area contributed by atoms with Gasteiger partial charge in [0.2, 0.25) is 11.8 Å². The first kappa shape index (κ1) is 67.2. The molecule has 0 aromatic rings. The Balaban J connectivity index is 1.33. The number of rotatable bonds is 19. The van der Waals surface area contributed by atoms with Crippen LogP contribution in [0.4, 0.5) is 0 Å². The largest absolute Gasteiger partial charge is 0.394 e. The first-order valence-corrected chi connectivity index (χ1v) is 26.3. The van der Waals surface area contributed by atoms with Gasteiger partial charge in [0.25, 0.3) is 0 Å². The Morgan fingerprint density at radius 3 is 1.18 bits per heavy atom. The molecule has 21 N–H and O–H groups in total. The molecule has 0 spiro atoms. The predicted octanol–water partition coefficient (Wildman–Crippen LogP) is -13.9. The van der Waals surface area contributed by atoms with Gasteiger partial charge in [0.1, 0.15) is 159 Å². The van der Waals surface area contributed by atoms with Crippen LogP contribution in [0.25, 0.3) is 0 Å².